The second-order valence-electron chi connectivity index (χ2n) is 3.73. The zero-order valence-electron chi connectivity index (χ0n) is 10.2. The highest BCUT2D eigenvalue weighted by Gasteiger charge is 2.08. The molecule has 1 heterocycles. The number of para-hydroxylation sites is 1. The van der Waals surface area contributed by atoms with Crippen molar-refractivity contribution in [1.29, 1.82) is 0 Å². The van der Waals surface area contributed by atoms with Gasteiger partial charge in [-0.15, -0.1) is 0 Å². The van der Waals surface area contributed by atoms with Gasteiger partial charge in [-0.2, -0.15) is 10.1 Å². The fourth-order valence-corrected chi connectivity index (χ4v) is 2.11. The molecule has 2 N–H and O–H groups in total. The molecule has 1 aromatic heterocycles. The SMILES string of the molecule is Cc1n[nH]c(=O)nc1SCC(=O)Nc1ccccc1. The van der Waals surface area contributed by atoms with Crippen LogP contribution in [0.2, 0.25) is 0 Å². The van der Waals surface area contributed by atoms with Crippen LogP contribution >= 0.6 is 11.8 Å². The Balaban J connectivity index is 1.93. The number of hydrogen-bond donors (Lipinski definition) is 2. The van der Waals surface area contributed by atoms with Gasteiger partial charge in [0.2, 0.25) is 5.91 Å². The standard InChI is InChI=1S/C12H12N4O2S/c1-8-11(14-12(18)16-15-8)19-7-10(17)13-9-5-3-2-4-6-9/h2-6H,7H2,1H3,(H,13,17)(H,14,16,18). The van der Waals surface area contributed by atoms with Crippen molar-refractivity contribution in [3.63, 3.8) is 0 Å². The smallest absolute Gasteiger partial charge is 0.325 e. The minimum absolute atomic E-state index is 0.155. The molecule has 2 rings (SSSR count). The first-order valence-electron chi connectivity index (χ1n) is 5.56. The van der Waals surface area contributed by atoms with Gasteiger partial charge in [0.05, 0.1) is 11.4 Å². The van der Waals surface area contributed by atoms with Crippen LogP contribution in [0.4, 0.5) is 5.69 Å². The number of benzene rings is 1. The molecule has 0 fully saturated rings. The molecule has 0 aliphatic heterocycles. The Morgan fingerprint density at radius 3 is 2.84 bits per heavy atom. The van der Waals surface area contributed by atoms with Crippen molar-refractivity contribution in [3.05, 3.63) is 46.5 Å². The Labute approximate surface area is 113 Å². The van der Waals surface area contributed by atoms with E-state index < -0.39 is 5.69 Å². The average molecular weight is 276 g/mol. The average Bonchev–Trinajstić information content (AvgIpc) is 2.41. The fourth-order valence-electron chi connectivity index (χ4n) is 1.37. The van der Waals surface area contributed by atoms with Crippen molar-refractivity contribution < 1.29 is 4.79 Å². The Hall–Kier alpha value is -2.15. The molecule has 0 unspecified atom stereocenters. The van der Waals surface area contributed by atoms with E-state index in [2.05, 4.69) is 20.5 Å². The molecule has 0 radical (unpaired) electrons. The van der Waals surface area contributed by atoms with Crippen molar-refractivity contribution in [2.24, 2.45) is 0 Å². The van der Waals surface area contributed by atoms with Gasteiger partial charge < -0.3 is 5.32 Å². The molecule has 0 atom stereocenters. The van der Waals surface area contributed by atoms with Gasteiger partial charge in [-0.05, 0) is 19.1 Å². The maximum absolute atomic E-state index is 11.7. The molecule has 6 nitrogen and oxygen atoms in total. The zero-order valence-corrected chi connectivity index (χ0v) is 11.0. The van der Waals surface area contributed by atoms with E-state index in [9.17, 15) is 9.59 Å². The molecular weight excluding hydrogens is 264 g/mol. The van der Waals surface area contributed by atoms with Crippen molar-refractivity contribution in [2.45, 2.75) is 11.9 Å². The van der Waals surface area contributed by atoms with E-state index in [1.54, 1.807) is 19.1 Å². The van der Waals surface area contributed by atoms with Gasteiger partial charge in [0.1, 0.15) is 5.03 Å². The normalized spacial score (nSPS) is 10.2. The summed E-state index contributed by atoms with van der Waals surface area (Å²) in [4.78, 5) is 26.5. The summed E-state index contributed by atoms with van der Waals surface area (Å²) in [5.74, 6) is 0.0195. The third kappa shape index (κ3) is 3.92. The molecule has 1 amide bonds. The number of rotatable bonds is 4. The highest BCUT2D eigenvalue weighted by molar-refractivity contribution is 8.00. The Kier molecular flexibility index (Phi) is 4.30. The Morgan fingerprint density at radius 1 is 1.37 bits per heavy atom. The third-order valence-electron chi connectivity index (χ3n) is 2.23. The van der Waals surface area contributed by atoms with Crippen molar-refractivity contribution in [2.75, 3.05) is 11.1 Å². The number of nitrogens with zero attached hydrogens (tertiary/aromatic N) is 2. The highest BCUT2D eigenvalue weighted by Crippen LogP contribution is 2.16. The minimum Gasteiger partial charge on any atom is -0.325 e. The van der Waals surface area contributed by atoms with Gasteiger partial charge >= 0.3 is 5.69 Å². The van der Waals surface area contributed by atoms with Crippen LogP contribution < -0.4 is 11.0 Å². The van der Waals surface area contributed by atoms with Crippen LogP contribution in [0.15, 0.2) is 40.2 Å². The number of aryl methyl sites for hydroxylation is 1. The molecule has 0 spiro atoms. The third-order valence-corrected chi connectivity index (χ3v) is 3.30. The molecule has 19 heavy (non-hydrogen) atoms. The van der Waals surface area contributed by atoms with E-state index in [1.165, 1.54) is 11.8 Å². The van der Waals surface area contributed by atoms with Crippen molar-refractivity contribution >= 4 is 23.4 Å². The van der Waals surface area contributed by atoms with Crippen LogP contribution in [0.1, 0.15) is 5.69 Å². The van der Waals surface area contributed by atoms with Crippen LogP contribution in [-0.2, 0) is 4.79 Å². The molecule has 0 saturated carbocycles. The van der Waals surface area contributed by atoms with Gasteiger partial charge in [0, 0.05) is 5.69 Å². The second kappa shape index (κ2) is 6.14. The topological polar surface area (TPSA) is 87.7 Å². The number of thioether (sulfide) groups is 1. The van der Waals surface area contributed by atoms with Crippen LogP contribution in [0.25, 0.3) is 0 Å². The minimum atomic E-state index is -0.517. The summed E-state index contributed by atoms with van der Waals surface area (Å²) >= 11 is 1.18. The largest absolute Gasteiger partial charge is 0.362 e. The molecular formula is C12H12N4O2S. The molecule has 2 aromatic rings. The van der Waals surface area contributed by atoms with E-state index in [4.69, 9.17) is 0 Å². The van der Waals surface area contributed by atoms with Gasteiger partial charge in [-0.1, -0.05) is 30.0 Å². The van der Waals surface area contributed by atoms with Crippen molar-refractivity contribution in [1.82, 2.24) is 15.2 Å². The number of aromatic amines is 1. The molecule has 7 heteroatoms. The zero-order chi connectivity index (χ0) is 13.7. The number of H-pyrrole nitrogens is 1. The number of carbonyl (C=O) groups excluding carboxylic acids is 1. The van der Waals surface area contributed by atoms with E-state index in [-0.39, 0.29) is 11.7 Å². The van der Waals surface area contributed by atoms with E-state index >= 15 is 0 Å². The predicted octanol–water partition coefficient (Wildman–Crippen LogP) is 1.20. The molecule has 0 bridgehead atoms. The van der Waals surface area contributed by atoms with Gasteiger partial charge in [0.25, 0.3) is 0 Å². The number of anilines is 1. The number of hydrogen-bond acceptors (Lipinski definition) is 5. The maximum Gasteiger partial charge on any atom is 0.362 e. The summed E-state index contributed by atoms with van der Waals surface area (Å²) in [5.41, 5.74) is 0.815. The van der Waals surface area contributed by atoms with E-state index in [0.29, 0.717) is 10.7 Å². The van der Waals surface area contributed by atoms with Crippen LogP contribution in [0.3, 0.4) is 0 Å². The first-order valence-corrected chi connectivity index (χ1v) is 6.55. The maximum atomic E-state index is 11.7. The summed E-state index contributed by atoms with van der Waals surface area (Å²) in [6, 6.07) is 9.17. The summed E-state index contributed by atoms with van der Waals surface area (Å²) in [5, 5.41) is 9.24. The van der Waals surface area contributed by atoms with Gasteiger partial charge in [-0.25, -0.2) is 9.89 Å². The molecule has 98 valence electrons. The summed E-state index contributed by atoms with van der Waals surface area (Å²) in [7, 11) is 0. The molecule has 0 aliphatic rings. The second-order valence-corrected chi connectivity index (χ2v) is 4.70. The first kappa shape index (κ1) is 13.3. The monoisotopic (exact) mass is 276 g/mol. The Morgan fingerprint density at radius 2 is 2.11 bits per heavy atom. The quantitative estimate of drug-likeness (QED) is 0.819. The van der Waals surface area contributed by atoms with Crippen molar-refractivity contribution in [3.8, 4) is 0 Å². The first-order chi connectivity index (χ1) is 9.15. The van der Waals surface area contributed by atoms with Crippen LogP contribution in [0.5, 0.6) is 0 Å². The van der Waals surface area contributed by atoms with E-state index in [1.807, 2.05) is 18.2 Å². The lowest BCUT2D eigenvalue weighted by Crippen LogP contribution is -2.17. The highest BCUT2D eigenvalue weighted by atomic mass is 32.2. The summed E-state index contributed by atoms with van der Waals surface area (Å²) in [6.45, 7) is 1.72. The number of aromatic nitrogens is 3. The lowest BCUT2D eigenvalue weighted by molar-refractivity contribution is -0.113. The number of nitrogens with one attached hydrogen (secondary N) is 2. The summed E-state index contributed by atoms with van der Waals surface area (Å²) < 4.78 is 0. The molecule has 1 aromatic carbocycles. The molecule has 0 aliphatic carbocycles. The Bertz CT molecular complexity index is 627. The number of amides is 1. The lowest BCUT2D eigenvalue weighted by Gasteiger charge is -2.05. The molecule has 0 saturated heterocycles. The van der Waals surface area contributed by atoms with Crippen LogP contribution in [0, 0.1) is 6.92 Å². The van der Waals surface area contributed by atoms with Crippen LogP contribution in [-0.4, -0.2) is 26.8 Å². The number of carbonyl (C=O) groups is 1. The van der Waals surface area contributed by atoms with Gasteiger partial charge in [-0.3, -0.25) is 4.79 Å². The fraction of sp³-hybridized carbons (Fsp3) is 0.167. The van der Waals surface area contributed by atoms with E-state index in [0.717, 1.165) is 5.69 Å². The lowest BCUT2D eigenvalue weighted by atomic mass is 10.3. The summed E-state index contributed by atoms with van der Waals surface area (Å²) in [6.07, 6.45) is 0. The predicted molar refractivity (Wildman–Crippen MR) is 73.2 cm³/mol. The van der Waals surface area contributed by atoms with Gasteiger partial charge in [0.15, 0.2) is 0 Å².